The maximum atomic E-state index is 12.1. The summed E-state index contributed by atoms with van der Waals surface area (Å²) < 4.78 is 0. The molecule has 1 aromatic carbocycles. The van der Waals surface area contributed by atoms with E-state index in [0.29, 0.717) is 6.54 Å². The largest absolute Gasteiger partial charge is 0.323 e. The van der Waals surface area contributed by atoms with E-state index in [0.717, 1.165) is 5.56 Å². The maximum Gasteiger partial charge on any atom is 0.323 e. The summed E-state index contributed by atoms with van der Waals surface area (Å²) in [4.78, 5) is 26.6. The van der Waals surface area contributed by atoms with Gasteiger partial charge in [0.05, 0.1) is 0 Å². The molecule has 0 bridgehead atoms. The summed E-state index contributed by atoms with van der Waals surface area (Å²) in [5, 5.41) is 5.49. The van der Waals surface area contributed by atoms with E-state index in [9.17, 15) is 9.59 Å². The quantitative estimate of drug-likeness (QED) is 0.799. The van der Waals surface area contributed by atoms with Crippen LogP contribution in [0.4, 0.5) is 9.59 Å². The summed E-state index contributed by atoms with van der Waals surface area (Å²) in [7, 11) is 1.69. The molecule has 0 aliphatic carbocycles. The summed E-state index contributed by atoms with van der Waals surface area (Å²) in [5.41, 5.74) is 1.04. The van der Waals surface area contributed by atoms with Crippen LogP contribution in [0.3, 0.4) is 0 Å². The minimum Gasteiger partial charge on any atom is -0.314 e. The maximum absolute atomic E-state index is 12.1. The molecule has 1 aromatic rings. The minimum atomic E-state index is -0.296. The third kappa shape index (κ3) is 1.57. The van der Waals surface area contributed by atoms with Gasteiger partial charge in [-0.3, -0.25) is 4.90 Å². The molecule has 0 aromatic heterocycles. The second-order valence-electron chi connectivity index (χ2n) is 4.51. The van der Waals surface area contributed by atoms with Gasteiger partial charge in [0.2, 0.25) is 0 Å². The molecule has 6 heteroatoms. The lowest BCUT2D eigenvalue weighted by molar-refractivity contribution is 0.182. The Morgan fingerprint density at radius 3 is 2.50 bits per heavy atom. The van der Waals surface area contributed by atoms with Gasteiger partial charge in [0.15, 0.2) is 0 Å². The van der Waals surface area contributed by atoms with Crippen LogP contribution >= 0.6 is 0 Å². The molecule has 0 spiro atoms. The van der Waals surface area contributed by atoms with Gasteiger partial charge in [0.1, 0.15) is 12.3 Å². The summed E-state index contributed by atoms with van der Waals surface area (Å²) in [5.74, 6) is 0. The number of nitrogens with zero attached hydrogens (tertiary/aromatic N) is 2. The summed E-state index contributed by atoms with van der Waals surface area (Å²) in [6.45, 7) is 0.493. The molecule has 2 aliphatic rings. The zero-order valence-electron chi connectivity index (χ0n) is 9.96. The highest BCUT2D eigenvalue weighted by Gasteiger charge is 2.49. The predicted octanol–water partition coefficient (Wildman–Crippen LogP) is 0.519. The van der Waals surface area contributed by atoms with E-state index in [-0.39, 0.29) is 24.4 Å². The molecule has 4 amide bonds. The van der Waals surface area contributed by atoms with Crippen molar-refractivity contribution in [3.8, 4) is 0 Å². The van der Waals surface area contributed by atoms with E-state index in [4.69, 9.17) is 0 Å². The summed E-state index contributed by atoms with van der Waals surface area (Å²) in [6.07, 6.45) is -0.580. The monoisotopic (exact) mass is 246 g/mol. The molecule has 18 heavy (non-hydrogen) atoms. The Bertz CT molecular complexity index is 490. The first-order valence-corrected chi connectivity index (χ1v) is 5.81. The molecular formula is C12H14N4O2. The number of carbonyl (C=O) groups is 2. The number of benzene rings is 1. The number of nitrogens with one attached hydrogen (secondary N) is 2. The first-order valence-electron chi connectivity index (χ1n) is 5.81. The van der Waals surface area contributed by atoms with Crippen molar-refractivity contribution in [3.05, 3.63) is 35.9 Å². The molecule has 2 fully saturated rings. The molecule has 2 atom stereocenters. The van der Waals surface area contributed by atoms with Crippen molar-refractivity contribution in [2.75, 3.05) is 7.05 Å². The van der Waals surface area contributed by atoms with Crippen LogP contribution in [0.2, 0.25) is 0 Å². The first-order chi connectivity index (χ1) is 8.66. The van der Waals surface area contributed by atoms with Crippen molar-refractivity contribution in [1.82, 2.24) is 20.4 Å². The van der Waals surface area contributed by atoms with Gasteiger partial charge in [-0.15, -0.1) is 0 Å². The normalized spacial score (nSPS) is 26.1. The van der Waals surface area contributed by atoms with Gasteiger partial charge in [0.25, 0.3) is 0 Å². The number of fused-ring (bicyclic) bond motifs is 1. The van der Waals surface area contributed by atoms with Crippen molar-refractivity contribution in [2.24, 2.45) is 0 Å². The second kappa shape index (κ2) is 3.90. The van der Waals surface area contributed by atoms with Crippen molar-refractivity contribution >= 4 is 12.1 Å². The van der Waals surface area contributed by atoms with Gasteiger partial charge in [0, 0.05) is 13.6 Å². The van der Waals surface area contributed by atoms with Crippen LogP contribution < -0.4 is 10.6 Å². The van der Waals surface area contributed by atoms with E-state index in [1.807, 2.05) is 30.3 Å². The topological polar surface area (TPSA) is 64.7 Å². The number of hydrogen-bond donors (Lipinski definition) is 2. The SMILES string of the molecule is CN1C(=O)N(Cc2ccccc2)C2NC(=O)NC21. The number of rotatable bonds is 2. The summed E-state index contributed by atoms with van der Waals surface area (Å²) in [6, 6.07) is 9.41. The van der Waals surface area contributed by atoms with Crippen molar-refractivity contribution in [1.29, 1.82) is 0 Å². The van der Waals surface area contributed by atoms with Crippen LogP contribution in [0.15, 0.2) is 30.3 Å². The van der Waals surface area contributed by atoms with Gasteiger partial charge in [-0.25, -0.2) is 9.59 Å². The third-order valence-corrected chi connectivity index (χ3v) is 3.35. The zero-order valence-corrected chi connectivity index (χ0v) is 9.96. The van der Waals surface area contributed by atoms with E-state index in [1.54, 1.807) is 16.8 Å². The molecule has 6 nitrogen and oxygen atoms in total. The first kappa shape index (κ1) is 10.9. The fourth-order valence-corrected chi connectivity index (χ4v) is 2.41. The molecule has 2 unspecified atom stereocenters. The van der Waals surface area contributed by atoms with Crippen LogP contribution in [0.25, 0.3) is 0 Å². The Balaban J connectivity index is 1.83. The highest BCUT2D eigenvalue weighted by atomic mass is 16.2. The number of urea groups is 2. The average Bonchev–Trinajstić information content (AvgIpc) is 2.85. The van der Waals surface area contributed by atoms with Crippen molar-refractivity contribution < 1.29 is 9.59 Å². The molecule has 0 saturated carbocycles. The molecule has 2 aliphatic heterocycles. The summed E-state index contributed by atoms with van der Waals surface area (Å²) >= 11 is 0. The van der Waals surface area contributed by atoms with E-state index in [1.165, 1.54) is 0 Å². The van der Waals surface area contributed by atoms with Crippen LogP contribution in [0.5, 0.6) is 0 Å². The van der Waals surface area contributed by atoms with Crippen LogP contribution in [0.1, 0.15) is 5.56 Å². The number of carbonyl (C=O) groups excluding carboxylic acids is 2. The number of hydrogen-bond acceptors (Lipinski definition) is 2. The van der Waals surface area contributed by atoms with Gasteiger partial charge in [-0.1, -0.05) is 30.3 Å². The third-order valence-electron chi connectivity index (χ3n) is 3.35. The molecule has 0 radical (unpaired) electrons. The van der Waals surface area contributed by atoms with Gasteiger partial charge < -0.3 is 15.5 Å². The van der Waals surface area contributed by atoms with Crippen LogP contribution in [0, 0.1) is 0 Å². The lowest BCUT2D eigenvalue weighted by atomic mass is 10.2. The Labute approximate surface area is 105 Å². The molecule has 3 rings (SSSR count). The fraction of sp³-hybridized carbons (Fsp3) is 0.333. The molecule has 94 valence electrons. The molecule has 2 N–H and O–H groups in total. The number of amides is 4. The van der Waals surface area contributed by atoms with Crippen molar-refractivity contribution in [3.63, 3.8) is 0 Å². The van der Waals surface area contributed by atoms with Crippen LogP contribution in [-0.2, 0) is 6.54 Å². The van der Waals surface area contributed by atoms with Gasteiger partial charge >= 0.3 is 12.1 Å². The lowest BCUT2D eigenvalue weighted by Gasteiger charge is -2.21. The second-order valence-corrected chi connectivity index (χ2v) is 4.51. The average molecular weight is 246 g/mol. The smallest absolute Gasteiger partial charge is 0.314 e. The molecule has 2 saturated heterocycles. The number of likely N-dealkylation sites (N-methyl/N-ethyl adjacent to an activating group) is 1. The van der Waals surface area contributed by atoms with E-state index >= 15 is 0 Å². The Morgan fingerprint density at radius 1 is 1.11 bits per heavy atom. The molecular weight excluding hydrogens is 232 g/mol. The predicted molar refractivity (Wildman–Crippen MR) is 64.4 cm³/mol. The van der Waals surface area contributed by atoms with E-state index in [2.05, 4.69) is 10.6 Å². The highest BCUT2D eigenvalue weighted by Crippen LogP contribution is 2.23. The molecule has 2 heterocycles. The Kier molecular flexibility index (Phi) is 2.36. The highest BCUT2D eigenvalue weighted by molar-refractivity contribution is 5.84. The van der Waals surface area contributed by atoms with E-state index < -0.39 is 0 Å². The fourth-order valence-electron chi connectivity index (χ4n) is 2.41. The minimum absolute atomic E-state index is 0.0821. The Hall–Kier alpha value is -2.24. The van der Waals surface area contributed by atoms with Crippen LogP contribution in [-0.4, -0.2) is 41.2 Å². The standard InChI is InChI=1S/C12H14N4O2/c1-15-9-10(14-11(17)13-9)16(12(15)18)7-8-5-3-2-4-6-8/h2-6,9-10H,7H2,1H3,(H2,13,14,17). The Morgan fingerprint density at radius 2 is 1.78 bits per heavy atom. The lowest BCUT2D eigenvalue weighted by Crippen LogP contribution is -2.42. The van der Waals surface area contributed by atoms with Gasteiger partial charge in [-0.2, -0.15) is 0 Å². The zero-order chi connectivity index (χ0) is 12.7. The van der Waals surface area contributed by atoms with Crippen molar-refractivity contribution in [2.45, 2.75) is 18.9 Å². The van der Waals surface area contributed by atoms with Gasteiger partial charge in [-0.05, 0) is 5.56 Å².